The third kappa shape index (κ3) is 3.78. The molecule has 1 unspecified atom stereocenters. The minimum absolute atomic E-state index is 0.250. The highest BCUT2D eigenvalue weighted by atomic mass is 35.5. The fourth-order valence-electron chi connectivity index (χ4n) is 2.23. The molecule has 118 valence electrons. The van der Waals surface area contributed by atoms with Crippen molar-refractivity contribution >= 4 is 40.8 Å². The zero-order valence-electron chi connectivity index (χ0n) is 11.8. The molecule has 0 aliphatic carbocycles. The van der Waals surface area contributed by atoms with Crippen LogP contribution in [0.25, 0.3) is 11.4 Å². The minimum atomic E-state index is -0.531. The van der Waals surface area contributed by atoms with Crippen LogP contribution in [0.1, 0.15) is 12.8 Å². The van der Waals surface area contributed by atoms with Gasteiger partial charge in [-0.1, -0.05) is 23.2 Å². The number of carbonyl (C=O) groups excluding carboxylic acids is 2. The molecule has 1 aromatic heterocycles. The molecule has 6 nitrogen and oxygen atoms in total. The number of nitrogens with one attached hydrogen (secondary N) is 2. The summed E-state index contributed by atoms with van der Waals surface area (Å²) in [5.74, 6) is 0.202. The lowest BCUT2D eigenvalue weighted by atomic mass is 10.1. The van der Waals surface area contributed by atoms with Crippen LogP contribution in [-0.2, 0) is 9.59 Å². The van der Waals surface area contributed by atoms with Crippen LogP contribution < -0.4 is 10.6 Å². The van der Waals surface area contributed by atoms with Crippen molar-refractivity contribution in [3.8, 4) is 11.4 Å². The lowest BCUT2D eigenvalue weighted by Crippen LogP contribution is -2.47. The molecule has 0 radical (unpaired) electrons. The third-order valence-electron chi connectivity index (χ3n) is 3.36. The Morgan fingerprint density at radius 2 is 1.87 bits per heavy atom. The van der Waals surface area contributed by atoms with Gasteiger partial charge in [-0.15, -0.1) is 0 Å². The molecule has 1 aliphatic rings. The molecule has 2 heterocycles. The van der Waals surface area contributed by atoms with Gasteiger partial charge in [-0.2, -0.15) is 0 Å². The first-order valence-corrected chi connectivity index (χ1v) is 7.67. The lowest BCUT2D eigenvalue weighted by Gasteiger charge is -2.22. The Balaban J connectivity index is 1.84. The lowest BCUT2D eigenvalue weighted by molar-refractivity contribution is -0.133. The van der Waals surface area contributed by atoms with Crippen molar-refractivity contribution in [1.29, 1.82) is 0 Å². The van der Waals surface area contributed by atoms with E-state index in [2.05, 4.69) is 20.6 Å². The summed E-state index contributed by atoms with van der Waals surface area (Å²) in [6.07, 6.45) is 0.689. The molecule has 1 aliphatic heterocycles. The van der Waals surface area contributed by atoms with Crippen molar-refractivity contribution in [2.75, 3.05) is 5.32 Å². The van der Waals surface area contributed by atoms with Crippen molar-refractivity contribution in [3.05, 3.63) is 40.5 Å². The van der Waals surface area contributed by atoms with Crippen LogP contribution in [0.5, 0.6) is 0 Å². The van der Waals surface area contributed by atoms with E-state index in [4.69, 9.17) is 23.2 Å². The number of imide groups is 1. The monoisotopic (exact) mass is 350 g/mol. The van der Waals surface area contributed by atoms with Crippen LogP contribution in [-0.4, -0.2) is 27.8 Å². The fourth-order valence-corrected chi connectivity index (χ4v) is 2.54. The first-order chi connectivity index (χ1) is 11.0. The molecule has 0 saturated carbocycles. The summed E-state index contributed by atoms with van der Waals surface area (Å²) < 4.78 is 0. The molecule has 2 amide bonds. The maximum absolute atomic E-state index is 11.8. The Labute approximate surface area is 142 Å². The molecule has 8 heteroatoms. The summed E-state index contributed by atoms with van der Waals surface area (Å²) in [4.78, 5) is 31.5. The van der Waals surface area contributed by atoms with E-state index in [0.717, 1.165) is 5.56 Å². The van der Waals surface area contributed by atoms with Gasteiger partial charge in [-0.25, -0.2) is 9.97 Å². The number of carbonyl (C=O) groups is 2. The molecule has 1 aromatic carbocycles. The maximum Gasteiger partial charge on any atom is 0.249 e. The van der Waals surface area contributed by atoms with E-state index in [0.29, 0.717) is 23.1 Å². The molecule has 0 spiro atoms. The van der Waals surface area contributed by atoms with Crippen molar-refractivity contribution in [1.82, 2.24) is 15.3 Å². The van der Waals surface area contributed by atoms with Gasteiger partial charge in [-0.3, -0.25) is 14.9 Å². The number of benzene rings is 1. The summed E-state index contributed by atoms with van der Waals surface area (Å²) in [6, 6.07) is 8.03. The molecule has 2 aromatic rings. The number of piperidine rings is 1. The SMILES string of the molecule is O=C1CCC(Nc2cc(Cl)nc(-c3ccc(Cl)cc3)n2)C(=O)N1. The van der Waals surface area contributed by atoms with Gasteiger partial charge < -0.3 is 5.32 Å². The Morgan fingerprint density at radius 3 is 2.57 bits per heavy atom. The van der Waals surface area contributed by atoms with Crippen LogP contribution in [0.4, 0.5) is 5.82 Å². The Hall–Kier alpha value is -2.18. The average Bonchev–Trinajstić information content (AvgIpc) is 2.50. The van der Waals surface area contributed by atoms with E-state index >= 15 is 0 Å². The summed E-state index contributed by atoms with van der Waals surface area (Å²) in [5, 5.41) is 6.13. The van der Waals surface area contributed by atoms with Gasteiger partial charge in [0.05, 0.1) is 0 Å². The molecule has 1 saturated heterocycles. The maximum atomic E-state index is 11.8. The van der Waals surface area contributed by atoms with E-state index in [9.17, 15) is 9.59 Å². The van der Waals surface area contributed by atoms with E-state index in [1.165, 1.54) is 6.07 Å². The van der Waals surface area contributed by atoms with E-state index in [1.807, 2.05) is 0 Å². The predicted octanol–water partition coefficient (Wildman–Crippen LogP) is 2.67. The largest absolute Gasteiger partial charge is 0.358 e. The smallest absolute Gasteiger partial charge is 0.249 e. The number of amides is 2. The molecular formula is C15H12Cl2N4O2. The van der Waals surface area contributed by atoms with Crippen LogP contribution >= 0.6 is 23.2 Å². The number of halogens is 2. The Morgan fingerprint density at radius 1 is 1.13 bits per heavy atom. The number of anilines is 1. The average molecular weight is 351 g/mol. The van der Waals surface area contributed by atoms with E-state index < -0.39 is 6.04 Å². The van der Waals surface area contributed by atoms with Gasteiger partial charge >= 0.3 is 0 Å². The van der Waals surface area contributed by atoms with E-state index in [1.54, 1.807) is 24.3 Å². The topological polar surface area (TPSA) is 84.0 Å². The van der Waals surface area contributed by atoms with Crippen molar-refractivity contribution < 1.29 is 9.59 Å². The zero-order valence-corrected chi connectivity index (χ0v) is 13.4. The van der Waals surface area contributed by atoms with Gasteiger partial charge in [0.2, 0.25) is 11.8 Å². The molecular weight excluding hydrogens is 339 g/mol. The van der Waals surface area contributed by atoms with Crippen molar-refractivity contribution in [2.45, 2.75) is 18.9 Å². The number of hydrogen-bond acceptors (Lipinski definition) is 5. The number of rotatable bonds is 3. The summed E-state index contributed by atoms with van der Waals surface area (Å²) in [6.45, 7) is 0. The van der Waals surface area contributed by atoms with Crippen LogP contribution in [0.15, 0.2) is 30.3 Å². The standard InChI is InChI=1S/C15H12Cl2N4O2/c16-9-3-1-8(2-4-9)14-19-11(17)7-12(20-14)18-10-5-6-13(22)21-15(10)23/h1-4,7,10H,5-6H2,(H,18,19,20)(H,21,22,23). The zero-order chi connectivity index (χ0) is 16.4. The second-order valence-electron chi connectivity index (χ2n) is 5.05. The van der Waals surface area contributed by atoms with Crippen molar-refractivity contribution in [2.24, 2.45) is 0 Å². The highest BCUT2D eigenvalue weighted by molar-refractivity contribution is 6.30. The molecule has 1 fully saturated rings. The Kier molecular flexibility index (Phi) is 4.45. The van der Waals surface area contributed by atoms with Crippen molar-refractivity contribution in [3.63, 3.8) is 0 Å². The molecule has 0 bridgehead atoms. The predicted molar refractivity (Wildman–Crippen MR) is 87.3 cm³/mol. The van der Waals surface area contributed by atoms with Gasteiger partial charge in [0.1, 0.15) is 17.0 Å². The summed E-state index contributed by atoms with van der Waals surface area (Å²) in [7, 11) is 0. The van der Waals surface area contributed by atoms with E-state index in [-0.39, 0.29) is 23.4 Å². The van der Waals surface area contributed by atoms with Crippen LogP contribution in [0.3, 0.4) is 0 Å². The molecule has 3 rings (SSSR count). The number of hydrogen-bond donors (Lipinski definition) is 2. The fraction of sp³-hybridized carbons (Fsp3) is 0.200. The summed E-state index contributed by atoms with van der Waals surface area (Å²) >= 11 is 11.9. The van der Waals surface area contributed by atoms with Crippen LogP contribution in [0.2, 0.25) is 10.2 Å². The van der Waals surface area contributed by atoms with Gasteiger partial charge in [-0.05, 0) is 30.7 Å². The highest BCUT2D eigenvalue weighted by Crippen LogP contribution is 2.23. The Bertz CT molecular complexity index is 765. The first-order valence-electron chi connectivity index (χ1n) is 6.92. The van der Waals surface area contributed by atoms with Gasteiger partial charge in [0.25, 0.3) is 0 Å². The van der Waals surface area contributed by atoms with Gasteiger partial charge in [0.15, 0.2) is 5.82 Å². The first kappa shape index (κ1) is 15.7. The quantitative estimate of drug-likeness (QED) is 0.656. The molecule has 1 atom stereocenters. The second-order valence-corrected chi connectivity index (χ2v) is 5.88. The number of aromatic nitrogens is 2. The summed E-state index contributed by atoms with van der Waals surface area (Å²) in [5.41, 5.74) is 0.753. The number of nitrogens with zero attached hydrogens (tertiary/aromatic N) is 2. The third-order valence-corrected chi connectivity index (χ3v) is 3.80. The van der Waals surface area contributed by atoms with Gasteiger partial charge in [0, 0.05) is 23.1 Å². The van der Waals surface area contributed by atoms with Crippen LogP contribution in [0, 0.1) is 0 Å². The normalized spacial score (nSPS) is 17.7. The second kappa shape index (κ2) is 6.52. The molecule has 2 N–H and O–H groups in total. The molecule has 23 heavy (non-hydrogen) atoms. The highest BCUT2D eigenvalue weighted by Gasteiger charge is 2.26. The minimum Gasteiger partial charge on any atom is -0.358 e.